The molecule has 4 aromatic carbocycles. The number of nitrogens with zero attached hydrogens (tertiary/aromatic N) is 2. The lowest BCUT2D eigenvalue weighted by molar-refractivity contribution is -0.140. The maximum Gasteiger partial charge on any atom is 0.264 e. The molecular formula is C35H37Cl2N3O4S. The molecule has 0 fully saturated rings. The van der Waals surface area contributed by atoms with E-state index < -0.39 is 28.5 Å². The second-order valence-corrected chi connectivity index (χ2v) is 13.9. The molecule has 0 aliphatic rings. The maximum atomic E-state index is 14.5. The molecule has 0 aromatic heterocycles. The van der Waals surface area contributed by atoms with E-state index in [4.69, 9.17) is 23.2 Å². The van der Waals surface area contributed by atoms with Crippen LogP contribution < -0.4 is 9.62 Å². The molecule has 0 spiro atoms. The van der Waals surface area contributed by atoms with Gasteiger partial charge in [-0.15, -0.1) is 0 Å². The molecule has 4 rings (SSSR count). The summed E-state index contributed by atoms with van der Waals surface area (Å²) in [5.41, 5.74) is 2.54. The molecule has 4 aromatic rings. The van der Waals surface area contributed by atoms with Crippen LogP contribution in [0.5, 0.6) is 0 Å². The van der Waals surface area contributed by atoms with Gasteiger partial charge in [0.25, 0.3) is 10.0 Å². The van der Waals surface area contributed by atoms with Crippen molar-refractivity contribution < 1.29 is 18.0 Å². The highest BCUT2D eigenvalue weighted by Gasteiger charge is 2.35. The Morgan fingerprint density at radius 1 is 0.800 bits per heavy atom. The number of aryl methyl sites for hydroxylation is 1. The van der Waals surface area contributed by atoms with Crippen LogP contribution in [0.4, 0.5) is 5.69 Å². The van der Waals surface area contributed by atoms with Gasteiger partial charge in [-0.1, -0.05) is 109 Å². The van der Waals surface area contributed by atoms with E-state index in [9.17, 15) is 18.0 Å². The van der Waals surface area contributed by atoms with Crippen molar-refractivity contribution in [1.29, 1.82) is 0 Å². The minimum Gasteiger partial charge on any atom is -0.354 e. The summed E-state index contributed by atoms with van der Waals surface area (Å²) in [4.78, 5) is 29.8. The van der Waals surface area contributed by atoms with Gasteiger partial charge in [-0.25, -0.2) is 8.42 Å². The van der Waals surface area contributed by atoms with Gasteiger partial charge in [0.05, 0.1) is 10.6 Å². The highest BCUT2D eigenvalue weighted by atomic mass is 35.5. The van der Waals surface area contributed by atoms with E-state index in [2.05, 4.69) is 5.32 Å². The molecule has 0 aliphatic heterocycles. The topological polar surface area (TPSA) is 86.8 Å². The Labute approximate surface area is 275 Å². The molecule has 1 atom stereocenters. The maximum absolute atomic E-state index is 14.5. The van der Waals surface area contributed by atoms with Crippen molar-refractivity contribution >= 4 is 50.7 Å². The number of anilines is 1. The fraction of sp³-hybridized carbons (Fsp3) is 0.257. The van der Waals surface area contributed by atoms with Gasteiger partial charge in [-0.2, -0.15) is 0 Å². The first-order chi connectivity index (χ1) is 21.5. The van der Waals surface area contributed by atoms with E-state index >= 15 is 0 Å². The van der Waals surface area contributed by atoms with Crippen LogP contribution in [0.15, 0.2) is 108 Å². The van der Waals surface area contributed by atoms with Crippen LogP contribution in [0.2, 0.25) is 10.0 Å². The number of hydrogen-bond acceptors (Lipinski definition) is 4. The summed E-state index contributed by atoms with van der Waals surface area (Å²) >= 11 is 13.1. The lowest BCUT2D eigenvalue weighted by Crippen LogP contribution is -2.53. The van der Waals surface area contributed by atoms with Crippen molar-refractivity contribution in [2.45, 2.75) is 44.7 Å². The van der Waals surface area contributed by atoms with Gasteiger partial charge in [0.2, 0.25) is 11.8 Å². The zero-order chi connectivity index (χ0) is 32.6. The summed E-state index contributed by atoms with van der Waals surface area (Å²) < 4.78 is 29.2. The van der Waals surface area contributed by atoms with E-state index in [0.717, 1.165) is 15.4 Å². The van der Waals surface area contributed by atoms with Crippen LogP contribution in [0, 0.1) is 12.8 Å². The number of hydrogen-bond donors (Lipinski definition) is 1. The van der Waals surface area contributed by atoms with Crippen molar-refractivity contribution in [1.82, 2.24) is 10.2 Å². The highest BCUT2D eigenvalue weighted by Crippen LogP contribution is 2.29. The normalized spacial score (nSPS) is 12.0. The van der Waals surface area contributed by atoms with Crippen LogP contribution >= 0.6 is 23.2 Å². The molecule has 2 amide bonds. The van der Waals surface area contributed by atoms with E-state index in [-0.39, 0.29) is 29.7 Å². The standard InChI is InChI=1S/C35H37Cl2N3O4S/c1-25(2)22-38-35(42)33(21-27-11-6-4-7-12-27)39(23-30-31(36)15-10-16-32(30)37)34(41)24-40(28-19-17-26(3)18-20-28)45(43,44)29-13-8-5-9-14-29/h4-20,25,33H,21-24H2,1-3H3,(H,38,42). The highest BCUT2D eigenvalue weighted by molar-refractivity contribution is 7.92. The van der Waals surface area contributed by atoms with Crippen LogP contribution in [0.3, 0.4) is 0 Å². The molecule has 0 bridgehead atoms. The Morgan fingerprint density at radius 2 is 1.38 bits per heavy atom. The SMILES string of the molecule is Cc1ccc(N(CC(=O)N(Cc2c(Cl)cccc2Cl)C(Cc2ccccc2)C(=O)NCC(C)C)S(=O)(=O)c2ccccc2)cc1. The Balaban J connectivity index is 1.82. The Hall–Kier alpha value is -3.85. The van der Waals surface area contributed by atoms with Gasteiger partial charge >= 0.3 is 0 Å². The van der Waals surface area contributed by atoms with E-state index in [0.29, 0.717) is 27.8 Å². The van der Waals surface area contributed by atoms with E-state index in [1.807, 2.05) is 51.1 Å². The average molecular weight is 667 g/mol. The van der Waals surface area contributed by atoms with Crippen molar-refractivity contribution in [3.8, 4) is 0 Å². The third kappa shape index (κ3) is 8.87. The molecule has 0 saturated heterocycles. The van der Waals surface area contributed by atoms with Gasteiger partial charge in [-0.05, 0) is 54.8 Å². The molecule has 1 unspecified atom stereocenters. The monoisotopic (exact) mass is 665 g/mol. The van der Waals surface area contributed by atoms with E-state index in [1.54, 1.807) is 60.7 Å². The number of nitrogens with one attached hydrogen (secondary N) is 1. The largest absolute Gasteiger partial charge is 0.354 e. The number of amides is 2. The molecular weight excluding hydrogens is 629 g/mol. The molecule has 45 heavy (non-hydrogen) atoms. The molecule has 1 N–H and O–H groups in total. The first-order valence-corrected chi connectivity index (χ1v) is 16.9. The van der Waals surface area contributed by atoms with Gasteiger partial charge < -0.3 is 10.2 Å². The second kappa shape index (κ2) is 15.4. The Morgan fingerprint density at radius 3 is 1.96 bits per heavy atom. The summed E-state index contributed by atoms with van der Waals surface area (Å²) in [6, 6.07) is 28.2. The van der Waals surface area contributed by atoms with Crippen LogP contribution in [0.1, 0.15) is 30.5 Å². The van der Waals surface area contributed by atoms with Crippen LogP contribution in [-0.2, 0) is 32.6 Å². The molecule has 0 heterocycles. The zero-order valence-corrected chi connectivity index (χ0v) is 27.8. The minimum absolute atomic E-state index is 0.0367. The summed E-state index contributed by atoms with van der Waals surface area (Å²) in [7, 11) is -4.18. The molecule has 0 saturated carbocycles. The van der Waals surface area contributed by atoms with Crippen molar-refractivity contribution in [3.05, 3.63) is 130 Å². The average Bonchev–Trinajstić information content (AvgIpc) is 3.03. The number of sulfonamides is 1. The first kappa shape index (κ1) is 34.0. The summed E-state index contributed by atoms with van der Waals surface area (Å²) in [5, 5.41) is 3.62. The van der Waals surface area contributed by atoms with Crippen molar-refractivity contribution in [2.24, 2.45) is 5.92 Å². The number of carbonyl (C=O) groups is 2. The lowest BCUT2D eigenvalue weighted by Gasteiger charge is -2.34. The Kier molecular flexibility index (Phi) is 11.7. The third-order valence-electron chi connectivity index (χ3n) is 7.28. The van der Waals surface area contributed by atoms with Crippen LogP contribution in [0.25, 0.3) is 0 Å². The molecule has 236 valence electrons. The fourth-order valence-corrected chi connectivity index (χ4v) is 6.74. The number of benzene rings is 4. The van der Waals surface area contributed by atoms with E-state index in [1.165, 1.54) is 17.0 Å². The van der Waals surface area contributed by atoms with Gasteiger partial charge in [0.15, 0.2) is 0 Å². The zero-order valence-electron chi connectivity index (χ0n) is 25.5. The Bertz CT molecular complexity index is 1680. The molecule has 7 nitrogen and oxygen atoms in total. The lowest BCUT2D eigenvalue weighted by atomic mass is 10.0. The van der Waals surface area contributed by atoms with Crippen molar-refractivity contribution in [2.75, 3.05) is 17.4 Å². The molecule has 0 aliphatic carbocycles. The van der Waals surface area contributed by atoms with Gasteiger partial charge in [0, 0.05) is 35.1 Å². The first-order valence-electron chi connectivity index (χ1n) is 14.7. The number of rotatable bonds is 13. The molecule has 10 heteroatoms. The predicted molar refractivity (Wildman–Crippen MR) is 181 cm³/mol. The molecule has 0 radical (unpaired) electrons. The third-order valence-corrected chi connectivity index (χ3v) is 9.77. The smallest absolute Gasteiger partial charge is 0.264 e. The minimum atomic E-state index is -4.18. The van der Waals surface area contributed by atoms with Gasteiger partial charge in [0.1, 0.15) is 12.6 Å². The van der Waals surface area contributed by atoms with Crippen LogP contribution in [-0.4, -0.2) is 44.3 Å². The summed E-state index contributed by atoms with van der Waals surface area (Å²) in [6.45, 7) is 5.57. The van der Waals surface area contributed by atoms with Gasteiger partial charge in [-0.3, -0.25) is 13.9 Å². The summed E-state index contributed by atoms with van der Waals surface area (Å²) in [5.74, 6) is -0.787. The second-order valence-electron chi connectivity index (χ2n) is 11.2. The number of halogens is 2. The van der Waals surface area contributed by atoms with Crippen molar-refractivity contribution in [3.63, 3.8) is 0 Å². The fourth-order valence-electron chi connectivity index (χ4n) is 4.79. The quantitative estimate of drug-likeness (QED) is 0.168. The predicted octanol–water partition coefficient (Wildman–Crippen LogP) is 6.91. The number of carbonyl (C=O) groups excluding carboxylic acids is 2. The summed E-state index contributed by atoms with van der Waals surface area (Å²) in [6.07, 6.45) is 0.189.